The molecule has 6 nitrogen and oxygen atoms in total. The Bertz CT molecular complexity index is 1230. The summed E-state index contributed by atoms with van der Waals surface area (Å²) in [5, 5.41) is 0.385. The molecule has 184 valence electrons. The molecule has 3 aromatic rings. The van der Waals surface area contributed by atoms with Crippen molar-refractivity contribution in [2.24, 2.45) is 0 Å². The molecule has 9 heteroatoms. The Balaban J connectivity index is 2.37. The Kier molecular flexibility index (Phi) is 7.12. The predicted octanol–water partition coefficient (Wildman–Crippen LogP) is 7.11. The van der Waals surface area contributed by atoms with E-state index in [-0.39, 0.29) is 11.2 Å². The van der Waals surface area contributed by atoms with Gasteiger partial charge in [0.2, 0.25) is 30.4 Å². The summed E-state index contributed by atoms with van der Waals surface area (Å²) in [5.41, 5.74) is 0.919. The summed E-state index contributed by atoms with van der Waals surface area (Å²) in [6.45, 7) is 18.7. The van der Waals surface area contributed by atoms with Crippen LogP contribution in [0.2, 0.25) is 58.9 Å². The maximum Gasteiger partial charge on any atom is 0.242 e. The van der Waals surface area contributed by atoms with Gasteiger partial charge in [-0.05, 0) is 83.2 Å². The van der Waals surface area contributed by atoms with Crippen LogP contribution in [0.4, 0.5) is 0 Å². The molecule has 0 atom stereocenters. The van der Waals surface area contributed by atoms with Crippen molar-refractivity contribution in [2.45, 2.75) is 58.9 Å². The molecule has 1 aromatic heterocycles. The lowest BCUT2D eigenvalue weighted by Crippen LogP contribution is -2.33. The van der Waals surface area contributed by atoms with Crippen LogP contribution in [0.5, 0.6) is 23.0 Å². The van der Waals surface area contributed by atoms with Gasteiger partial charge in [-0.2, -0.15) is 0 Å². The Morgan fingerprint density at radius 3 is 1.76 bits per heavy atom. The molecule has 0 aliphatic heterocycles. The molecule has 34 heavy (non-hydrogen) atoms. The van der Waals surface area contributed by atoms with E-state index in [4.69, 9.17) is 22.4 Å². The van der Waals surface area contributed by atoms with Crippen LogP contribution < -0.4 is 23.4 Å². The highest BCUT2D eigenvalue weighted by Crippen LogP contribution is 2.38. The quantitative estimate of drug-likeness (QED) is 0.297. The fourth-order valence-electron chi connectivity index (χ4n) is 3.40. The lowest BCUT2D eigenvalue weighted by molar-refractivity contribution is 0.415. The molecule has 0 spiro atoms. The van der Waals surface area contributed by atoms with E-state index in [1.54, 1.807) is 13.2 Å². The van der Waals surface area contributed by atoms with Crippen molar-refractivity contribution in [2.75, 3.05) is 7.11 Å². The summed E-state index contributed by atoms with van der Waals surface area (Å²) in [6.07, 6.45) is 0. The van der Waals surface area contributed by atoms with Crippen LogP contribution in [0.25, 0.3) is 22.3 Å². The maximum atomic E-state index is 13.9. The first kappa shape index (κ1) is 26.1. The smallest absolute Gasteiger partial charge is 0.242 e. The van der Waals surface area contributed by atoms with Gasteiger partial charge in [-0.3, -0.25) is 4.79 Å². The van der Waals surface area contributed by atoms with E-state index in [1.165, 1.54) is 0 Å². The molecule has 0 bridgehead atoms. The van der Waals surface area contributed by atoms with Gasteiger partial charge in [0, 0.05) is 17.7 Å². The monoisotopic (exact) mass is 516 g/mol. The van der Waals surface area contributed by atoms with Crippen LogP contribution in [0.1, 0.15) is 0 Å². The van der Waals surface area contributed by atoms with Crippen LogP contribution >= 0.6 is 0 Å². The molecule has 0 saturated carbocycles. The molecule has 0 saturated heterocycles. The topological polar surface area (TPSA) is 67.1 Å². The molecule has 0 aliphatic carbocycles. The van der Waals surface area contributed by atoms with E-state index >= 15 is 0 Å². The van der Waals surface area contributed by atoms with Crippen molar-refractivity contribution in [3.8, 4) is 34.3 Å². The standard InChI is InChI=1S/C25H36O6Si3/c1-27-18-13-11-17(12-14-18)24-25(31-34(8,9)10)23(26)22-20(28-24)15-19(29-32(2,3)4)16-21(22)30-33(5,6)7/h11-16H,1-10H3. The molecule has 0 aliphatic rings. The zero-order chi connectivity index (χ0) is 25.5. The van der Waals surface area contributed by atoms with Crippen LogP contribution in [-0.4, -0.2) is 32.1 Å². The van der Waals surface area contributed by atoms with Gasteiger partial charge < -0.3 is 22.4 Å². The van der Waals surface area contributed by atoms with E-state index in [0.29, 0.717) is 28.2 Å². The van der Waals surface area contributed by atoms with Crippen LogP contribution in [-0.2, 0) is 0 Å². The predicted molar refractivity (Wildman–Crippen MR) is 146 cm³/mol. The van der Waals surface area contributed by atoms with E-state index < -0.39 is 25.0 Å². The number of hydrogen-bond donors (Lipinski definition) is 0. The summed E-state index contributed by atoms with van der Waals surface area (Å²) in [4.78, 5) is 13.9. The molecule has 0 unspecified atom stereocenters. The average Bonchev–Trinajstić information content (AvgIpc) is 2.66. The van der Waals surface area contributed by atoms with Crippen LogP contribution in [0, 0.1) is 0 Å². The number of benzene rings is 2. The van der Waals surface area contributed by atoms with E-state index in [1.807, 2.05) is 50.0 Å². The number of rotatable bonds is 8. The Hall–Kier alpha value is -2.50. The summed E-state index contributed by atoms with van der Waals surface area (Å²) >= 11 is 0. The van der Waals surface area contributed by atoms with E-state index in [9.17, 15) is 4.79 Å². The highest BCUT2D eigenvalue weighted by Gasteiger charge is 2.28. The second-order valence-electron chi connectivity index (χ2n) is 11.3. The third-order valence-corrected chi connectivity index (χ3v) is 6.99. The number of fused-ring (bicyclic) bond motifs is 1. The van der Waals surface area contributed by atoms with Gasteiger partial charge in [-0.1, -0.05) is 0 Å². The van der Waals surface area contributed by atoms with Gasteiger partial charge in [-0.25, -0.2) is 0 Å². The fraction of sp³-hybridized carbons (Fsp3) is 0.400. The first-order valence-corrected chi connectivity index (χ1v) is 21.7. The minimum Gasteiger partial charge on any atom is -0.544 e. The van der Waals surface area contributed by atoms with Gasteiger partial charge in [0.05, 0.1) is 7.11 Å². The number of methoxy groups -OCH3 is 1. The van der Waals surface area contributed by atoms with Crippen molar-refractivity contribution in [3.63, 3.8) is 0 Å². The highest BCUT2D eigenvalue weighted by molar-refractivity contribution is 6.71. The Morgan fingerprint density at radius 2 is 1.26 bits per heavy atom. The first-order chi connectivity index (χ1) is 15.6. The second kappa shape index (κ2) is 9.27. The lowest BCUT2D eigenvalue weighted by Gasteiger charge is -2.25. The zero-order valence-electron chi connectivity index (χ0n) is 21.9. The third-order valence-electron chi connectivity index (χ3n) is 4.49. The summed E-state index contributed by atoms with van der Waals surface area (Å²) in [6, 6.07) is 11.0. The molecular weight excluding hydrogens is 481 g/mol. The van der Waals surface area contributed by atoms with Crippen molar-refractivity contribution >= 4 is 35.9 Å². The molecule has 2 aromatic carbocycles. The number of ether oxygens (including phenoxy) is 1. The van der Waals surface area contributed by atoms with E-state index in [2.05, 4.69) is 39.3 Å². The fourth-order valence-corrected chi connectivity index (χ4v) is 5.84. The van der Waals surface area contributed by atoms with Crippen molar-refractivity contribution < 1.29 is 22.4 Å². The molecule has 0 fully saturated rings. The molecule has 0 amide bonds. The van der Waals surface area contributed by atoms with Crippen molar-refractivity contribution in [1.29, 1.82) is 0 Å². The van der Waals surface area contributed by atoms with Gasteiger partial charge in [0.1, 0.15) is 28.2 Å². The summed E-state index contributed by atoms with van der Waals surface area (Å²) in [5.74, 6) is 2.46. The molecular formula is C25H36O6Si3. The highest BCUT2D eigenvalue weighted by atomic mass is 28.4. The second-order valence-corrected chi connectivity index (χ2v) is 24.5. The summed E-state index contributed by atoms with van der Waals surface area (Å²) in [7, 11) is -4.48. The van der Waals surface area contributed by atoms with Crippen LogP contribution in [0.3, 0.4) is 0 Å². The molecule has 3 rings (SSSR count). The first-order valence-electron chi connectivity index (χ1n) is 11.4. The largest absolute Gasteiger partial charge is 0.544 e. The maximum absolute atomic E-state index is 13.9. The van der Waals surface area contributed by atoms with Crippen LogP contribution in [0.15, 0.2) is 45.6 Å². The molecule has 1 heterocycles. The molecule has 0 N–H and O–H groups in total. The Labute approximate surface area is 205 Å². The average molecular weight is 517 g/mol. The van der Waals surface area contributed by atoms with Crippen molar-refractivity contribution in [3.05, 3.63) is 46.6 Å². The zero-order valence-corrected chi connectivity index (χ0v) is 24.9. The SMILES string of the molecule is COc1ccc(-c2oc3cc(O[Si](C)(C)C)cc(O[Si](C)(C)C)c3c(=O)c2O[Si](C)(C)C)cc1. The lowest BCUT2D eigenvalue weighted by atomic mass is 10.1. The van der Waals surface area contributed by atoms with Gasteiger partial charge in [0.25, 0.3) is 0 Å². The summed E-state index contributed by atoms with van der Waals surface area (Å²) < 4.78 is 30.6. The van der Waals surface area contributed by atoms with Gasteiger partial charge >= 0.3 is 0 Å². The van der Waals surface area contributed by atoms with Gasteiger partial charge in [-0.15, -0.1) is 0 Å². The number of hydrogen-bond acceptors (Lipinski definition) is 6. The Morgan fingerprint density at radius 1 is 0.706 bits per heavy atom. The normalized spacial score (nSPS) is 12.5. The van der Waals surface area contributed by atoms with E-state index in [0.717, 1.165) is 11.3 Å². The van der Waals surface area contributed by atoms with Gasteiger partial charge in [0.15, 0.2) is 11.5 Å². The third kappa shape index (κ3) is 6.55. The molecule has 0 radical (unpaired) electrons. The minimum absolute atomic E-state index is 0.219. The van der Waals surface area contributed by atoms with Crippen molar-refractivity contribution in [1.82, 2.24) is 0 Å². The minimum atomic E-state index is -2.14.